The summed E-state index contributed by atoms with van der Waals surface area (Å²) in [5, 5.41) is 0. The number of benzene rings is 1. The number of nitrogens with two attached hydrogens (primary N) is 1. The molecule has 0 saturated carbocycles. The summed E-state index contributed by atoms with van der Waals surface area (Å²) in [5.74, 6) is 0.395. The number of esters is 1. The topological polar surface area (TPSA) is 61.5 Å². The van der Waals surface area contributed by atoms with Crippen LogP contribution in [-0.2, 0) is 16.1 Å². The molecule has 0 aliphatic heterocycles. The summed E-state index contributed by atoms with van der Waals surface area (Å²) in [7, 11) is 0. The Morgan fingerprint density at radius 2 is 2.11 bits per heavy atom. The monoisotopic (exact) mass is 265 g/mol. The van der Waals surface area contributed by atoms with Gasteiger partial charge in [-0.25, -0.2) is 4.79 Å². The maximum atomic E-state index is 11.9. The number of para-hydroxylation sites is 1. The molecule has 4 heteroatoms. The minimum atomic E-state index is -0.559. The Labute approximate surface area is 114 Å². The van der Waals surface area contributed by atoms with Gasteiger partial charge in [0.15, 0.2) is 6.10 Å². The molecule has 106 valence electrons. The third-order valence-electron chi connectivity index (χ3n) is 2.87. The molecule has 0 fully saturated rings. The lowest BCUT2D eigenvalue weighted by molar-refractivity contribution is -0.151. The molecule has 1 aromatic carbocycles. The van der Waals surface area contributed by atoms with Gasteiger partial charge >= 0.3 is 5.97 Å². The zero-order valence-corrected chi connectivity index (χ0v) is 11.9. The predicted octanol–water partition coefficient (Wildman–Crippen LogP) is 2.56. The van der Waals surface area contributed by atoms with E-state index in [1.807, 2.05) is 32.0 Å². The number of carbonyl (C=O) groups excluding carboxylic acids is 1. The summed E-state index contributed by atoms with van der Waals surface area (Å²) in [6.07, 6.45) is 0.932. The minimum Gasteiger partial charge on any atom is -0.478 e. The quantitative estimate of drug-likeness (QED) is 0.770. The number of rotatable bonds is 7. The van der Waals surface area contributed by atoms with Crippen molar-refractivity contribution >= 4 is 5.97 Å². The molecule has 1 rings (SSSR count). The highest BCUT2D eigenvalue weighted by Gasteiger charge is 2.22. The van der Waals surface area contributed by atoms with Gasteiger partial charge in [0.25, 0.3) is 0 Å². The van der Waals surface area contributed by atoms with E-state index >= 15 is 0 Å². The molecule has 19 heavy (non-hydrogen) atoms. The highest BCUT2D eigenvalue weighted by Crippen LogP contribution is 2.25. The normalized spacial score (nSPS) is 12.0. The van der Waals surface area contributed by atoms with Gasteiger partial charge < -0.3 is 15.2 Å². The smallest absolute Gasteiger partial charge is 0.347 e. The van der Waals surface area contributed by atoms with Crippen molar-refractivity contribution in [1.82, 2.24) is 0 Å². The van der Waals surface area contributed by atoms with Crippen LogP contribution < -0.4 is 10.5 Å². The molecule has 0 spiro atoms. The second kappa shape index (κ2) is 7.79. The maximum absolute atomic E-state index is 11.9. The van der Waals surface area contributed by atoms with Gasteiger partial charge in [0.1, 0.15) is 5.75 Å². The first kappa shape index (κ1) is 15.5. The number of hydrogen-bond donors (Lipinski definition) is 1. The second-order valence-electron chi connectivity index (χ2n) is 4.41. The van der Waals surface area contributed by atoms with Gasteiger partial charge in [0.2, 0.25) is 0 Å². The zero-order chi connectivity index (χ0) is 14.3. The summed E-state index contributed by atoms with van der Waals surface area (Å²) in [6, 6.07) is 5.79. The molecule has 0 aromatic heterocycles. The fourth-order valence-corrected chi connectivity index (χ4v) is 1.91. The molecule has 1 aromatic rings. The molecule has 0 bridgehead atoms. The molecule has 4 nitrogen and oxygen atoms in total. The van der Waals surface area contributed by atoms with Crippen LogP contribution in [0.25, 0.3) is 0 Å². The lowest BCUT2D eigenvalue weighted by Crippen LogP contribution is -2.30. The van der Waals surface area contributed by atoms with E-state index in [4.69, 9.17) is 15.2 Å². The van der Waals surface area contributed by atoms with Crippen molar-refractivity contribution in [2.24, 2.45) is 5.73 Å². The Balaban J connectivity index is 2.92. The van der Waals surface area contributed by atoms with Gasteiger partial charge in [0.05, 0.1) is 6.61 Å². The van der Waals surface area contributed by atoms with Crippen molar-refractivity contribution in [3.8, 4) is 5.75 Å². The molecule has 1 atom stereocenters. The number of hydrogen-bond acceptors (Lipinski definition) is 4. The van der Waals surface area contributed by atoms with E-state index in [0.717, 1.165) is 17.5 Å². The van der Waals surface area contributed by atoms with Crippen molar-refractivity contribution in [2.45, 2.75) is 46.3 Å². The summed E-state index contributed by atoms with van der Waals surface area (Å²) >= 11 is 0. The molecular weight excluding hydrogens is 242 g/mol. The van der Waals surface area contributed by atoms with Gasteiger partial charge in [-0.15, -0.1) is 0 Å². The molecule has 0 amide bonds. The lowest BCUT2D eigenvalue weighted by Gasteiger charge is -2.20. The summed E-state index contributed by atoms with van der Waals surface area (Å²) in [5.41, 5.74) is 7.60. The number of carbonyl (C=O) groups is 1. The second-order valence-corrected chi connectivity index (χ2v) is 4.41. The van der Waals surface area contributed by atoms with Crippen molar-refractivity contribution in [1.29, 1.82) is 0 Å². The predicted molar refractivity (Wildman–Crippen MR) is 75.0 cm³/mol. The number of ether oxygens (including phenoxy) is 2. The van der Waals surface area contributed by atoms with Crippen molar-refractivity contribution in [2.75, 3.05) is 6.61 Å². The molecular formula is C15H23NO3. The average molecular weight is 265 g/mol. The molecule has 0 aliphatic carbocycles. The fraction of sp³-hybridized carbons (Fsp3) is 0.533. The summed E-state index contributed by atoms with van der Waals surface area (Å²) in [6.45, 7) is 6.50. The summed E-state index contributed by atoms with van der Waals surface area (Å²) in [4.78, 5) is 11.9. The molecule has 2 N–H and O–H groups in total. The average Bonchev–Trinajstić information content (AvgIpc) is 2.40. The Morgan fingerprint density at radius 3 is 2.68 bits per heavy atom. The molecule has 0 aliphatic rings. The molecule has 0 heterocycles. The van der Waals surface area contributed by atoms with E-state index in [2.05, 4.69) is 0 Å². The Hall–Kier alpha value is -1.55. The van der Waals surface area contributed by atoms with Crippen LogP contribution in [0.3, 0.4) is 0 Å². The van der Waals surface area contributed by atoms with E-state index in [1.54, 1.807) is 6.92 Å². The van der Waals surface area contributed by atoms with Crippen LogP contribution in [0, 0.1) is 6.92 Å². The van der Waals surface area contributed by atoms with Crippen molar-refractivity contribution in [3.63, 3.8) is 0 Å². The first-order valence-electron chi connectivity index (χ1n) is 6.75. The summed E-state index contributed by atoms with van der Waals surface area (Å²) < 4.78 is 10.9. The first-order chi connectivity index (χ1) is 9.13. The van der Waals surface area contributed by atoms with Gasteiger partial charge in [-0.2, -0.15) is 0 Å². The van der Waals surface area contributed by atoms with E-state index in [-0.39, 0.29) is 5.97 Å². The third-order valence-corrected chi connectivity index (χ3v) is 2.87. The lowest BCUT2D eigenvalue weighted by atomic mass is 10.1. The third kappa shape index (κ3) is 4.24. The largest absolute Gasteiger partial charge is 0.478 e. The van der Waals surface area contributed by atoms with Crippen LogP contribution in [0.1, 0.15) is 37.8 Å². The fourth-order valence-electron chi connectivity index (χ4n) is 1.91. The van der Waals surface area contributed by atoms with Crippen LogP contribution in [0.4, 0.5) is 0 Å². The molecule has 0 radical (unpaired) electrons. The SMILES string of the molecule is CCCC(Oc1c(C)cccc1CN)C(=O)OCC. The highest BCUT2D eigenvalue weighted by atomic mass is 16.6. The van der Waals surface area contributed by atoms with E-state index in [0.29, 0.717) is 25.3 Å². The maximum Gasteiger partial charge on any atom is 0.347 e. The van der Waals surface area contributed by atoms with Crippen molar-refractivity contribution < 1.29 is 14.3 Å². The Kier molecular flexibility index (Phi) is 6.36. The van der Waals surface area contributed by atoms with Gasteiger partial charge in [-0.1, -0.05) is 31.5 Å². The number of aryl methyl sites for hydroxylation is 1. The standard InChI is InChI=1S/C15H23NO3/c1-4-7-13(15(17)18-5-2)19-14-11(3)8-6-9-12(14)10-16/h6,8-9,13H,4-5,7,10,16H2,1-3H3. The van der Waals surface area contributed by atoms with Crippen LogP contribution in [0.2, 0.25) is 0 Å². The van der Waals surface area contributed by atoms with Gasteiger partial charge in [0, 0.05) is 12.1 Å². The molecule has 1 unspecified atom stereocenters. The van der Waals surface area contributed by atoms with Gasteiger partial charge in [-0.05, 0) is 25.8 Å². The Bertz CT molecular complexity index is 418. The Morgan fingerprint density at radius 1 is 1.37 bits per heavy atom. The first-order valence-corrected chi connectivity index (χ1v) is 6.75. The minimum absolute atomic E-state index is 0.310. The van der Waals surface area contributed by atoms with Gasteiger partial charge in [-0.3, -0.25) is 0 Å². The van der Waals surface area contributed by atoms with Crippen LogP contribution in [-0.4, -0.2) is 18.7 Å². The van der Waals surface area contributed by atoms with E-state index < -0.39 is 6.10 Å². The zero-order valence-electron chi connectivity index (χ0n) is 11.9. The van der Waals surface area contributed by atoms with Crippen LogP contribution in [0.5, 0.6) is 5.75 Å². The highest BCUT2D eigenvalue weighted by molar-refractivity contribution is 5.75. The molecule has 0 saturated heterocycles. The van der Waals surface area contributed by atoms with Crippen LogP contribution in [0.15, 0.2) is 18.2 Å². The van der Waals surface area contributed by atoms with Crippen molar-refractivity contribution in [3.05, 3.63) is 29.3 Å². The van der Waals surface area contributed by atoms with E-state index in [1.165, 1.54) is 0 Å². The van der Waals surface area contributed by atoms with E-state index in [9.17, 15) is 4.79 Å². The van der Waals surface area contributed by atoms with Crippen LogP contribution >= 0.6 is 0 Å².